The number of alkyl halides is 3. The molecule has 2 aliphatic rings. The standard InChI is InChI=1S/C19H24BrCl3N2O2/c20-15-8-6-13(7-9-15)17(26)24-18(19(21,22)23)27-12-14-4-3-11-25-10-2-1-5-16(14)25/h6-9,14,16,18H,1-5,10-12H2,(H,24,26)/t14-,16+,18+/m0/s1. The summed E-state index contributed by atoms with van der Waals surface area (Å²) in [5.74, 6) is 0.0697. The Kier molecular flexibility index (Phi) is 7.73. The highest BCUT2D eigenvalue weighted by molar-refractivity contribution is 9.10. The number of halogens is 4. The van der Waals surface area contributed by atoms with Crippen LogP contribution in [0.15, 0.2) is 28.7 Å². The van der Waals surface area contributed by atoms with Crippen LogP contribution >= 0.6 is 50.7 Å². The first-order chi connectivity index (χ1) is 12.8. The summed E-state index contributed by atoms with van der Waals surface area (Å²) in [7, 11) is 0. The SMILES string of the molecule is O=C(N[C@H](OC[C@@H]1CCCN2CCCC[C@H]12)C(Cl)(Cl)Cl)c1ccc(Br)cc1. The summed E-state index contributed by atoms with van der Waals surface area (Å²) < 4.78 is 5.09. The van der Waals surface area contributed by atoms with Crippen molar-refractivity contribution in [1.82, 2.24) is 10.2 Å². The van der Waals surface area contributed by atoms with Crippen molar-refractivity contribution in [1.29, 1.82) is 0 Å². The Morgan fingerprint density at radius 1 is 1.19 bits per heavy atom. The van der Waals surface area contributed by atoms with Gasteiger partial charge in [0.15, 0.2) is 6.23 Å². The zero-order chi connectivity index (χ0) is 19.4. The Balaban J connectivity index is 1.61. The number of benzene rings is 1. The third kappa shape index (κ3) is 5.97. The van der Waals surface area contributed by atoms with Gasteiger partial charge in [-0.1, -0.05) is 57.2 Å². The first-order valence-corrected chi connectivity index (χ1v) is 11.3. The molecule has 3 rings (SSSR count). The Hall–Kier alpha value is -0.0400. The van der Waals surface area contributed by atoms with Crippen LogP contribution in [0.4, 0.5) is 0 Å². The second kappa shape index (κ2) is 9.64. The van der Waals surface area contributed by atoms with Crippen LogP contribution < -0.4 is 5.32 Å². The van der Waals surface area contributed by atoms with E-state index in [1.165, 1.54) is 19.3 Å². The van der Waals surface area contributed by atoms with Gasteiger partial charge in [0.25, 0.3) is 5.91 Å². The fourth-order valence-electron chi connectivity index (χ4n) is 4.01. The number of hydrogen-bond donors (Lipinski definition) is 1. The summed E-state index contributed by atoms with van der Waals surface area (Å²) in [6.45, 7) is 2.80. The molecule has 1 N–H and O–H groups in total. The molecule has 0 aliphatic carbocycles. The van der Waals surface area contributed by atoms with E-state index in [9.17, 15) is 4.79 Å². The van der Waals surface area contributed by atoms with Gasteiger partial charge in [-0.15, -0.1) is 0 Å². The van der Waals surface area contributed by atoms with E-state index in [4.69, 9.17) is 39.5 Å². The molecule has 0 bridgehead atoms. The number of amides is 1. The van der Waals surface area contributed by atoms with Gasteiger partial charge in [0, 0.05) is 16.1 Å². The maximum atomic E-state index is 12.5. The van der Waals surface area contributed by atoms with Gasteiger partial charge in [0.2, 0.25) is 3.79 Å². The fraction of sp³-hybridized carbons (Fsp3) is 0.632. The number of nitrogens with one attached hydrogen (secondary N) is 1. The highest BCUT2D eigenvalue weighted by atomic mass is 79.9. The molecule has 2 aliphatic heterocycles. The summed E-state index contributed by atoms with van der Waals surface area (Å²) in [5, 5.41) is 2.72. The number of hydrogen-bond acceptors (Lipinski definition) is 3. The van der Waals surface area contributed by atoms with Gasteiger partial charge >= 0.3 is 0 Å². The smallest absolute Gasteiger partial charge is 0.253 e. The number of ether oxygens (including phenoxy) is 1. The minimum absolute atomic E-state index is 0.332. The van der Waals surface area contributed by atoms with Crippen LogP contribution in [0.3, 0.4) is 0 Å². The van der Waals surface area contributed by atoms with Crippen molar-refractivity contribution in [2.45, 2.75) is 48.2 Å². The fourth-order valence-corrected chi connectivity index (χ4v) is 4.63. The number of nitrogens with zero attached hydrogens (tertiary/aromatic N) is 1. The molecule has 2 heterocycles. The van der Waals surface area contributed by atoms with Crippen LogP contribution in [-0.4, -0.2) is 46.6 Å². The largest absolute Gasteiger partial charge is 0.354 e. The van der Waals surface area contributed by atoms with E-state index in [0.717, 1.165) is 30.4 Å². The molecule has 150 valence electrons. The molecular formula is C19H24BrCl3N2O2. The van der Waals surface area contributed by atoms with E-state index in [1.807, 2.05) is 0 Å². The summed E-state index contributed by atoms with van der Waals surface area (Å²) in [5.41, 5.74) is 0.483. The topological polar surface area (TPSA) is 41.6 Å². The molecule has 0 unspecified atom stereocenters. The Morgan fingerprint density at radius 2 is 1.89 bits per heavy atom. The summed E-state index contributed by atoms with van der Waals surface area (Å²) in [6, 6.07) is 7.52. The average molecular weight is 499 g/mol. The minimum atomic E-state index is -1.74. The molecule has 3 atom stereocenters. The van der Waals surface area contributed by atoms with Crippen molar-refractivity contribution < 1.29 is 9.53 Å². The molecular weight excluding hydrogens is 474 g/mol. The van der Waals surface area contributed by atoms with Gasteiger partial charge in [-0.2, -0.15) is 0 Å². The molecule has 1 amide bonds. The number of rotatable bonds is 5. The van der Waals surface area contributed by atoms with Crippen LogP contribution in [0.25, 0.3) is 0 Å². The van der Waals surface area contributed by atoms with Gasteiger partial charge in [-0.25, -0.2) is 0 Å². The van der Waals surface area contributed by atoms with E-state index in [2.05, 4.69) is 26.1 Å². The highest BCUT2D eigenvalue weighted by Gasteiger charge is 2.38. The highest BCUT2D eigenvalue weighted by Crippen LogP contribution is 2.34. The summed E-state index contributed by atoms with van der Waals surface area (Å²) in [6.07, 6.45) is 4.98. The van der Waals surface area contributed by atoms with Crippen LogP contribution in [-0.2, 0) is 4.74 Å². The molecule has 1 aromatic rings. The zero-order valence-electron chi connectivity index (χ0n) is 15.0. The van der Waals surface area contributed by atoms with Gasteiger partial charge < -0.3 is 15.0 Å². The minimum Gasteiger partial charge on any atom is -0.354 e. The monoisotopic (exact) mass is 496 g/mol. The Bertz CT molecular complexity index is 637. The van der Waals surface area contributed by atoms with Crippen molar-refractivity contribution in [3.8, 4) is 0 Å². The predicted molar refractivity (Wildman–Crippen MR) is 114 cm³/mol. The first kappa shape index (κ1) is 21.7. The van der Waals surface area contributed by atoms with Crippen molar-refractivity contribution in [3.63, 3.8) is 0 Å². The zero-order valence-corrected chi connectivity index (χ0v) is 18.8. The molecule has 0 spiro atoms. The maximum absolute atomic E-state index is 12.5. The van der Waals surface area contributed by atoms with E-state index in [-0.39, 0.29) is 5.91 Å². The van der Waals surface area contributed by atoms with Gasteiger partial charge in [0.1, 0.15) is 0 Å². The second-order valence-corrected chi connectivity index (χ2v) is 10.5. The lowest BCUT2D eigenvalue weighted by Gasteiger charge is -2.44. The van der Waals surface area contributed by atoms with E-state index >= 15 is 0 Å². The Morgan fingerprint density at radius 3 is 2.59 bits per heavy atom. The van der Waals surface area contributed by atoms with Crippen molar-refractivity contribution in [2.75, 3.05) is 19.7 Å². The van der Waals surface area contributed by atoms with Crippen LogP contribution in [0.1, 0.15) is 42.5 Å². The van der Waals surface area contributed by atoms with E-state index in [1.54, 1.807) is 24.3 Å². The molecule has 2 fully saturated rings. The number of fused-ring (bicyclic) bond motifs is 1. The van der Waals surface area contributed by atoms with Crippen LogP contribution in [0.5, 0.6) is 0 Å². The number of carbonyl (C=O) groups is 1. The predicted octanol–water partition coefficient (Wildman–Crippen LogP) is 5.16. The van der Waals surface area contributed by atoms with Gasteiger partial charge in [-0.3, -0.25) is 4.79 Å². The first-order valence-electron chi connectivity index (χ1n) is 9.33. The normalized spacial score (nSPS) is 24.9. The van der Waals surface area contributed by atoms with Crippen LogP contribution in [0.2, 0.25) is 0 Å². The molecule has 0 saturated carbocycles. The molecule has 27 heavy (non-hydrogen) atoms. The third-order valence-corrected chi connectivity index (χ3v) is 6.49. The molecule has 0 aromatic heterocycles. The lowest BCUT2D eigenvalue weighted by Crippen LogP contribution is -2.51. The summed E-state index contributed by atoms with van der Waals surface area (Å²) in [4.78, 5) is 15.1. The van der Waals surface area contributed by atoms with Crippen LogP contribution in [0, 0.1) is 5.92 Å². The number of piperidine rings is 2. The lowest BCUT2D eigenvalue weighted by molar-refractivity contribution is -0.0325. The molecule has 1 aromatic carbocycles. The van der Waals surface area contributed by atoms with E-state index < -0.39 is 10.0 Å². The van der Waals surface area contributed by atoms with Crippen molar-refractivity contribution in [3.05, 3.63) is 34.3 Å². The number of carbonyl (C=O) groups excluding carboxylic acids is 1. The summed E-state index contributed by atoms with van der Waals surface area (Å²) >= 11 is 21.6. The maximum Gasteiger partial charge on any atom is 0.253 e. The molecule has 2 saturated heterocycles. The van der Waals surface area contributed by atoms with Crippen molar-refractivity contribution >= 4 is 56.6 Å². The Labute approximate surface area is 184 Å². The molecule has 8 heteroatoms. The van der Waals surface area contributed by atoms with Gasteiger partial charge in [0.05, 0.1) is 6.61 Å². The lowest BCUT2D eigenvalue weighted by atomic mass is 9.84. The molecule has 4 nitrogen and oxygen atoms in total. The van der Waals surface area contributed by atoms with Gasteiger partial charge in [-0.05, 0) is 69.0 Å². The molecule has 0 radical (unpaired) electrons. The average Bonchev–Trinajstić information content (AvgIpc) is 2.64. The van der Waals surface area contributed by atoms with E-state index in [0.29, 0.717) is 24.1 Å². The third-order valence-electron chi connectivity index (χ3n) is 5.37. The quantitative estimate of drug-likeness (QED) is 0.451. The van der Waals surface area contributed by atoms with Crippen molar-refractivity contribution in [2.24, 2.45) is 5.92 Å². The second-order valence-electron chi connectivity index (χ2n) is 7.24.